The molecule has 0 radical (unpaired) electrons. The summed E-state index contributed by atoms with van der Waals surface area (Å²) in [6.07, 6.45) is 1.03. The van der Waals surface area contributed by atoms with Crippen LogP contribution in [0.15, 0.2) is 11.0 Å². The van der Waals surface area contributed by atoms with Gasteiger partial charge in [0.15, 0.2) is 0 Å². The van der Waals surface area contributed by atoms with Gasteiger partial charge in [-0.2, -0.15) is 4.98 Å². The fraction of sp³-hybridized carbons (Fsp3) is 0.455. The van der Waals surface area contributed by atoms with Gasteiger partial charge in [0.1, 0.15) is 23.5 Å². The molecule has 0 amide bonds. The lowest BCUT2D eigenvalue weighted by Gasteiger charge is -2.20. The molecule has 19 heavy (non-hydrogen) atoms. The molecule has 0 fully saturated rings. The maximum Gasteiger partial charge on any atom is 0.350 e. The molecule has 1 aromatic rings. The zero-order valence-corrected chi connectivity index (χ0v) is 10.8. The van der Waals surface area contributed by atoms with Crippen LogP contribution < -0.4 is 11.4 Å². The lowest BCUT2D eigenvalue weighted by molar-refractivity contribution is -0.137. The minimum absolute atomic E-state index is 0.143. The van der Waals surface area contributed by atoms with Crippen LogP contribution in [-0.4, -0.2) is 32.2 Å². The normalized spacial score (nSPS) is 11.1. The van der Waals surface area contributed by atoms with Crippen LogP contribution in [0.4, 0.5) is 5.82 Å². The lowest BCUT2D eigenvalue weighted by Crippen LogP contribution is -2.30. The van der Waals surface area contributed by atoms with Crippen molar-refractivity contribution in [1.29, 1.82) is 0 Å². The number of anilines is 1. The molecular formula is C11H15N3O5. The van der Waals surface area contributed by atoms with Crippen molar-refractivity contribution in [3.8, 4) is 0 Å². The van der Waals surface area contributed by atoms with Gasteiger partial charge < -0.3 is 15.6 Å². The first kappa shape index (κ1) is 14.7. The van der Waals surface area contributed by atoms with E-state index in [9.17, 15) is 14.4 Å². The van der Waals surface area contributed by atoms with Crippen molar-refractivity contribution in [3.63, 3.8) is 0 Å². The standard InChI is InChI=1S/C11H15N3O5/c1-11(2,3)19-9(17)6-4-14(5-7(15)16)10(18)13-8(6)12/h4H,5H2,1-3H3,(H,15,16)(H2,12,13,18). The number of nitrogen functional groups attached to an aromatic ring is 1. The van der Waals surface area contributed by atoms with Gasteiger partial charge in [0, 0.05) is 6.20 Å². The Bertz CT molecular complexity index is 571. The zero-order chi connectivity index (χ0) is 14.8. The highest BCUT2D eigenvalue weighted by Crippen LogP contribution is 2.14. The molecule has 1 rings (SSSR count). The number of hydrogen-bond donors (Lipinski definition) is 2. The monoisotopic (exact) mass is 269 g/mol. The third-order valence-corrected chi connectivity index (χ3v) is 1.95. The maximum absolute atomic E-state index is 11.8. The molecule has 8 heteroatoms. The average Bonchev–Trinajstić information content (AvgIpc) is 2.18. The molecule has 0 saturated heterocycles. The van der Waals surface area contributed by atoms with E-state index in [1.165, 1.54) is 0 Å². The molecule has 3 N–H and O–H groups in total. The summed E-state index contributed by atoms with van der Waals surface area (Å²) in [6.45, 7) is 4.40. The number of aromatic nitrogens is 2. The zero-order valence-electron chi connectivity index (χ0n) is 10.8. The highest BCUT2D eigenvalue weighted by Gasteiger charge is 2.22. The van der Waals surface area contributed by atoms with Gasteiger partial charge in [-0.25, -0.2) is 9.59 Å². The second-order valence-corrected chi connectivity index (χ2v) is 4.85. The van der Waals surface area contributed by atoms with Crippen LogP contribution in [0.25, 0.3) is 0 Å². The van der Waals surface area contributed by atoms with E-state index in [4.69, 9.17) is 15.6 Å². The predicted octanol–water partition coefficient (Wildman–Crippen LogP) is -0.135. The van der Waals surface area contributed by atoms with Crippen molar-refractivity contribution < 1.29 is 19.4 Å². The van der Waals surface area contributed by atoms with Crippen molar-refractivity contribution in [2.24, 2.45) is 0 Å². The van der Waals surface area contributed by atoms with Crippen LogP contribution >= 0.6 is 0 Å². The summed E-state index contributed by atoms with van der Waals surface area (Å²) in [5.41, 5.74) is 3.75. The first-order valence-electron chi connectivity index (χ1n) is 5.42. The molecule has 0 aliphatic heterocycles. The van der Waals surface area contributed by atoms with E-state index in [1.807, 2.05) is 0 Å². The second-order valence-electron chi connectivity index (χ2n) is 4.85. The number of carboxylic acid groups (broad SMARTS) is 1. The fourth-order valence-corrected chi connectivity index (χ4v) is 1.25. The van der Waals surface area contributed by atoms with E-state index < -0.39 is 29.8 Å². The Kier molecular flexibility index (Phi) is 3.93. The van der Waals surface area contributed by atoms with E-state index in [0.29, 0.717) is 0 Å². The molecule has 0 unspecified atom stereocenters. The molecule has 8 nitrogen and oxygen atoms in total. The van der Waals surface area contributed by atoms with Gasteiger partial charge in [0.05, 0.1) is 0 Å². The summed E-state index contributed by atoms with van der Waals surface area (Å²) in [4.78, 5) is 37.2. The van der Waals surface area contributed by atoms with Crippen LogP contribution in [0.3, 0.4) is 0 Å². The summed E-state index contributed by atoms with van der Waals surface area (Å²) in [6, 6.07) is 0. The first-order chi connectivity index (χ1) is 8.60. The number of ether oxygens (including phenoxy) is 1. The lowest BCUT2D eigenvalue weighted by atomic mass is 10.2. The molecule has 104 valence electrons. The van der Waals surface area contributed by atoms with Crippen molar-refractivity contribution in [2.75, 3.05) is 5.73 Å². The number of hydrogen-bond acceptors (Lipinski definition) is 6. The van der Waals surface area contributed by atoms with Crippen LogP contribution in [-0.2, 0) is 16.1 Å². The smallest absolute Gasteiger partial charge is 0.350 e. The van der Waals surface area contributed by atoms with Crippen molar-refractivity contribution in [1.82, 2.24) is 9.55 Å². The van der Waals surface area contributed by atoms with Crippen LogP contribution in [0.1, 0.15) is 31.1 Å². The Hall–Kier alpha value is -2.38. The number of rotatable bonds is 3. The molecule has 0 saturated carbocycles. The Balaban J connectivity index is 3.17. The van der Waals surface area contributed by atoms with E-state index in [0.717, 1.165) is 10.8 Å². The highest BCUT2D eigenvalue weighted by atomic mass is 16.6. The molecular weight excluding hydrogens is 254 g/mol. The summed E-state index contributed by atoms with van der Waals surface area (Å²) in [5.74, 6) is -2.29. The molecule has 0 spiro atoms. The number of carboxylic acids is 1. The molecule has 0 aromatic carbocycles. The molecule has 1 heterocycles. The van der Waals surface area contributed by atoms with Crippen LogP contribution in [0.5, 0.6) is 0 Å². The number of carbonyl (C=O) groups is 2. The van der Waals surface area contributed by atoms with Gasteiger partial charge in [0.2, 0.25) is 0 Å². The van der Waals surface area contributed by atoms with Gasteiger partial charge in [-0.05, 0) is 20.8 Å². The number of nitrogens with zero attached hydrogens (tertiary/aromatic N) is 2. The molecule has 0 aliphatic carbocycles. The minimum Gasteiger partial charge on any atom is -0.480 e. The SMILES string of the molecule is CC(C)(C)OC(=O)c1cn(CC(=O)O)c(=O)nc1N. The minimum atomic E-state index is -1.23. The van der Waals surface area contributed by atoms with Gasteiger partial charge in [-0.3, -0.25) is 9.36 Å². The summed E-state index contributed by atoms with van der Waals surface area (Å²) in [5, 5.41) is 8.64. The topological polar surface area (TPSA) is 125 Å². The quantitative estimate of drug-likeness (QED) is 0.732. The number of nitrogens with two attached hydrogens (primary N) is 1. The third kappa shape index (κ3) is 4.09. The van der Waals surface area contributed by atoms with Crippen LogP contribution in [0.2, 0.25) is 0 Å². The predicted molar refractivity (Wildman–Crippen MR) is 65.7 cm³/mol. The first-order valence-corrected chi connectivity index (χ1v) is 5.42. The molecule has 1 aromatic heterocycles. The van der Waals surface area contributed by atoms with Gasteiger partial charge in [-0.1, -0.05) is 0 Å². The van der Waals surface area contributed by atoms with Gasteiger partial charge in [0.25, 0.3) is 0 Å². The molecule has 0 atom stereocenters. The van der Waals surface area contributed by atoms with E-state index in [-0.39, 0.29) is 11.4 Å². The number of aliphatic carboxylic acids is 1. The van der Waals surface area contributed by atoms with Crippen molar-refractivity contribution in [2.45, 2.75) is 32.9 Å². The van der Waals surface area contributed by atoms with Gasteiger partial charge in [-0.15, -0.1) is 0 Å². The van der Waals surface area contributed by atoms with Crippen LogP contribution in [0, 0.1) is 0 Å². The fourth-order valence-electron chi connectivity index (χ4n) is 1.25. The Morgan fingerprint density at radius 3 is 2.53 bits per heavy atom. The third-order valence-electron chi connectivity index (χ3n) is 1.95. The molecule has 0 aliphatic rings. The van der Waals surface area contributed by atoms with E-state index in [2.05, 4.69) is 4.98 Å². The van der Waals surface area contributed by atoms with E-state index in [1.54, 1.807) is 20.8 Å². The molecule has 0 bridgehead atoms. The Labute approximate surface area is 108 Å². The largest absolute Gasteiger partial charge is 0.480 e. The number of carbonyl (C=O) groups excluding carboxylic acids is 1. The highest BCUT2D eigenvalue weighted by molar-refractivity contribution is 5.93. The second kappa shape index (κ2) is 5.09. The number of esters is 1. The van der Waals surface area contributed by atoms with Gasteiger partial charge >= 0.3 is 17.6 Å². The van der Waals surface area contributed by atoms with Crippen molar-refractivity contribution >= 4 is 17.8 Å². The summed E-state index contributed by atoms with van der Waals surface area (Å²) < 4.78 is 5.86. The Morgan fingerprint density at radius 2 is 2.05 bits per heavy atom. The maximum atomic E-state index is 11.8. The van der Waals surface area contributed by atoms with E-state index >= 15 is 0 Å². The average molecular weight is 269 g/mol. The summed E-state index contributed by atoms with van der Waals surface area (Å²) in [7, 11) is 0. The summed E-state index contributed by atoms with van der Waals surface area (Å²) >= 11 is 0. The Morgan fingerprint density at radius 1 is 1.47 bits per heavy atom. The van der Waals surface area contributed by atoms with Crippen molar-refractivity contribution in [3.05, 3.63) is 22.2 Å².